The molecular formula is C18H20N4OS. The van der Waals surface area contributed by atoms with E-state index in [1.807, 2.05) is 23.1 Å². The molecule has 2 heterocycles. The van der Waals surface area contributed by atoms with Crippen LogP contribution in [0.3, 0.4) is 0 Å². The highest BCUT2D eigenvalue weighted by Crippen LogP contribution is 2.16. The third-order valence-electron chi connectivity index (χ3n) is 3.96. The molecule has 24 heavy (non-hydrogen) atoms. The Morgan fingerprint density at radius 1 is 1.08 bits per heavy atom. The number of hydrogen-bond donors (Lipinski definition) is 0. The molecule has 0 N–H and O–H groups in total. The number of carbonyl (C=O) groups is 1. The number of aromatic nitrogens is 2. The van der Waals surface area contributed by atoms with E-state index in [2.05, 4.69) is 33.3 Å². The van der Waals surface area contributed by atoms with Crippen LogP contribution in [-0.2, 0) is 4.79 Å². The molecule has 0 unspecified atom stereocenters. The number of nitrogens with zero attached hydrogens (tertiary/aromatic N) is 4. The van der Waals surface area contributed by atoms with E-state index in [4.69, 9.17) is 0 Å². The molecule has 0 radical (unpaired) electrons. The Bertz CT molecular complexity index is 695. The molecule has 0 saturated carbocycles. The van der Waals surface area contributed by atoms with E-state index < -0.39 is 0 Å². The van der Waals surface area contributed by atoms with E-state index in [9.17, 15) is 4.79 Å². The van der Waals surface area contributed by atoms with Crippen molar-refractivity contribution in [1.82, 2.24) is 14.9 Å². The van der Waals surface area contributed by atoms with Crippen LogP contribution in [0.15, 0.2) is 53.7 Å². The quantitative estimate of drug-likeness (QED) is 0.632. The van der Waals surface area contributed by atoms with Gasteiger partial charge in [0, 0.05) is 49.5 Å². The smallest absolute Gasteiger partial charge is 0.246 e. The summed E-state index contributed by atoms with van der Waals surface area (Å²) >= 11 is 1.71. The van der Waals surface area contributed by atoms with Gasteiger partial charge in [-0.15, -0.1) is 11.8 Å². The Kier molecular flexibility index (Phi) is 5.48. The van der Waals surface area contributed by atoms with Crippen molar-refractivity contribution in [2.45, 2.75) is 4.90 Å². The summed E-state index contributed by atoms with van der Waals surface area (Å²) in [7, 11) is 0. The Hall–Kier alpha value is -2.34. The van der Waals surface area contributed by atoms with Gasteiger partial charge in [-0.05, 0) is 36.1 Å². The molecular weight excluding hydrogens is 320 g/mol. The molecule has 6 heteroatoms. The molecule has 2 aromatic rings. The average Bonchev–Trinajstić information content (AvgIpc) is 2.67. The molecule has 0 spiro atoms. The molecule has 1 aliphatic heterocycles. The highest BCUT2D eigenvalue weighted by molar-refractivity contribution is 7.98. The molecule has 1 aromatic carbocycles. The van der Waals surface area contributed by atoms with Crippen LogP contribution in [0.1, 0.15) is 5.56 Å². The number of carbonyl (C=O) groups excluding carboxylic acids is 1. The minimum absolute atomic E-state index is 0.0533. The fourth-order valence-corrected chi connectivity index (χ4v) is 2.98. The summed E-state index contributed by atoms with van der Waals surface area (Å²) in [4.78, 5) is 26.0. The largest absolute Gasteiger partial charge is 0.337 e. The van der Waals surface area contributed by atoms with Crippen molar-refractivity contribution in [2.75, 3.05) is 37.3 Å². The second kappa shape index (κ2) is 7.97. The predicted octanol–water partition coefficient (Wildman–Crippen LogP) is 2.56. The van der Waals surface area contributed by atoms with Gasteiger partial charge in [0.25, 0.3) is 0 Å². The van der Waals surface area contributed by atoms with Crippen LogP contribution in [-0.4, -0.2) is 53.2 Å². The summed E-state index contributed by atoms with van der Waals surface area (Å²) in [5.41, 5.74) is 1.04. The maximum Gasteiger partial charge on any atom is 0.246 e. The molecule has 1 fully saturated rings. The van der Waals surface area contributed by atoms with Crippen molar-refractivity contribution in [1.29, 1.82) is 0 Å². The first-order valence-electron chi connectivity index (χ1n) is 7.89. The van der Waals surface area contributed by atoms with Gasteiger partial charge in [0.2, 0.25) is 11.9 Å². The summed E-state index contributed by atoms with van der Waals surface area (Å²) in [6.45, 7) is 2.89. The highest BCUT2D eigenvalue weighted by atomic mass is 32.2. The van der Waals surface area contributed by atoms with Gasteiger partial charge < -0.3 is 9.80 Å². The molecule has 1 saturated heterocycles. The maximum atomic E-state index is 12.3. The third kappa shape index (κ3) is 4.14. The predicted molar refractivity (Wildman–Crippen MR) is 98.1 cm³/mol. The number of amides is 1. The zero-order valence-electron chi connectivity index (χ0n) is 13.6. The van der Waals surface area contributed by atoms with Crippen molar-refractivity contribution in [3.05, 3.63) is 54.4 Å². The fraction of sp³-hybridized carbons (Fsp3) is 0.278. The first-order valence-corrected chi connectivity index (χ1v) is 9.12. The van der Waals surface area contributed by atoms with Crippen LogP contribution in [0.25, 0.3) is 6.08 Å². The van der Waals surface area contributed by atoms with E-state index >= 15 is 0 Å². The molecule has 0 aliphatic carbocycles. The monoisotopic (exact) mass is 340 g/mol. The fourth-order valence-electron chi connectivity index (χ4n) is 2.57. The van der Waals surface area contributed by atoms with Crippen LogP contribution < -0.4 is 4.90 Å². The lowest BCUT2D eigenvalue weighted by Crippen LogP contribution is -2.48. The average molecular weight is 340 g/mol. The van der Waals surface area contributed by atoms with Gasteiger partial charge in [0.05, 0.1) is 0 Å². The van der Waals surface area contributed by atoms with Gasteiger partial charge in [-0.1, -0.05) is 12.1 Å². The minimum Gasteiger partial charge on any atom is -0.337 e. The molecule has 0 bridgehead atoms. The molecule has 1 aliphatic rings. The van der Waals surface area contributed by atoms with Gasteiger partial charge in [-0.3, -0.25) is 4.79 Å². The molecule has 5 nitrogen and oxygen atoms in total. The topological polar surface area (TPSA) is 49.3 Å². The Labute approximate surface area is 146 Å². The second-order valence-electron chi connectivity index (χ2n) is 5.47. The number of anilines is 1. The van der Waals surface area contributed by atoms with Crippen LogP contribution >= 0.6 is 11.8 Å². The summed E-state index contributed by atoms with van der Waals surface area (Å²) in [6.07, 6.45) is 9.06. The second-order valence-corrected chi connectivity index (χ2v) is 6.35. The van der Waals surface area contributed by atoms with Crippen molar-refractivity contribution < 1.29 is 4.79 Å². The van der Waals surface area contributed by atoms with E-state index in [0.717, 1.165) is 24.6 Å². The zero-order chi connectivity index (χ0) is 16.8. The van der Waals surface area contributed by atoms with Crippen LogP contribution in [0.5, 0.6) is 0 Å². The summed E-state index contributed by atoms with van der Waals surface area (Å²) in [6, 6.07) is 9.99. The van der Waals surface area contributed by atoms with E-state index in [1.54, 1.807) is 36.3 Å². The number of thioether (sulfide) groups is 1. The molecule has 3 rings (SSSR count). The van der Waals surface area contributed by atoms with Gasteiger partial charge in [0.15, 0.2) is 0 Å². The number of benzene rings is 1. The number of piperazine rings is 1. The SMILES string of the molecule is CSc1ccc(/C=C/C(=O)N2CCN(c3ncccn3)CC2)cc1. The summed E-state index contributed by atoms with van der Waals surface area (Å²) in [5.74, 6) is 0.784. The van der Waals surface area contributed by atoms with E-state index in [0.29, 0.717) is 13.1 Å². The molecule has 0 atom stereocenters. The van der Waals surface area contributed by atoms with Gasteiger partial charge in [-0.25, -0.2) is 9.97 Å². The van der Waals surface area contributed by atoms with Crippen molar-refractivity contribution in [2.24, 2.45) is 0 Å². The zero-order valence-corrected chi connectivity index (χ0v) is 14.4. The summed E-state index contributed by atoms with van der Waals surface area (Å²) < 4.78 is 0. The Morgan fingerprint density at radius 3 is 2.38 bits per heavy atom. The molecule has 1 amide bonds. The first-order chi connectivity index (χ1) is 11.8. The lowest BCUT2D eigenvalue weighted by Gasteiger charge is -2.34. The van der Waals surface area contributed by atoms with Gasteiger partial charge in [-0.2, -0.15) is 0 Å². The normalized spacial score (nSPS) is 15.0. The lowest BCUT2D eigenvalue weighted by molar-refractivity contribution is -0.126. The van der Waals surface area contributed by atoms with Crippen LogP contribution in [0, 0.1) is 0 Å². The Morgan fingerprint density at radius 2 is 1.75 bits per heavy atom. The highest BCUT2D eigenvalue weighted by Gasteiger charge is 2.20. The van der Waals surface area contributed by atoms with E-state index in [1.165, 1.54) is 4.90 Å². The summed E-state index contributed by atoms with van der Waals surface area (Å²) in [5, 5.41) is 0. The van der Waals surface area contributed by atoms with Gasteiger partial charge >= 0.3 is 0 Å². The van der Waals surface area contributed by atoms with Crippen molar-refractivity contribution >= 4 is 29.7 Å². The number of hydrogen-bond acceptors (Lipinski definition) is 5. The Balaban J connectivity index is 1.54. The van der Waals surface area contributed by atoms with Crippen LogP contribution in [0.2, 0.25) is 0 Å². The molecule has 124 valence electrons. The standard InChI is InChI=1S/C18H20N4OS/c1-24-16-6-3-15(4-7-16)5-8-17(23)21-11-13-22(14-12-21)18-19-9-2-10-20-18/h2-10H,11-14H2,1H3/b8-5+. The van der Waals surface area contributed by atoms with Gasteiger partial charge in [0.1, 0.15) is 0 Å². The maximum absolute atomic E-state index is 12.3. The first kappa shape index (κ1) is 16.5. The lowest BCUT2D eigenvalue weighted by atomic mass is 10.2. The minimum atomic E-state index is 0.0533. The van der Waals surface area contributed by atoms with Crippen molar-refractivity contribution in [3.63, 3.8) is 0 Å². The third-order valence-corrected chi connectivity index (χ3v) is 4.70. The van der Waals surface area contributed by atoms with E-state index in [-0.39, 0.29) is 5.91 Å². The van der Waals surface area contributed by atoms with Crippen molar-refractivity contribution in [3.8, 4) is 0 Å². The molecule has 1 aromatic heterocycles. The number of rotatable bonds is 4. The van der Waals surface area contributed by atoms with Crippen LogP contribution in [0.4, 0.5) is 5.95 Å².